The van der Waals surface area contributed by atoms with Crippen molar-refractivity contribution in [3.8, 4) is 0 Å². The van der Waals surface area contributed by atoms with Crippen molar-refractivity contribution in [2.75, 3.05) is 11.9 Å². The molecule has 0 radical (unpaired) electrons. The van der Waals surface area contributed by atoms with E-state index in [4.69, 9.17) is 12.2 Å². The number of anilines is 1. The van der Waals surface area contributed by atoms with Gasteiger partial charge in [-0.25, -0.2) is 0 Å². The largest absolute Gasteiger partial charge is 0.326 e. The van der Waals surface area contributed by atoms with Gasteiger partial charge in [-0.3, -0.25) is 14.5 Å². The molecule has 27 heavy (non-hydrogen) atoms. The number of nitrogens with zero attached hydrogens (tertiary/aromatic N) is 1. The maximum atomic E-state index is 12.6. The zero-order valence-electron chi connectivity index (χ0n) is 13.9. The number of benzene rings is 2. The second-order valence-electron chi connectivity index (χ2n) is 5.69. The molecule has 0 atom stereocenters. The summed E-state index contributed by atoms with van der Waals surface area (Å²) in [4.78, 5) is 26.8. The Balaban J connectivity index is 1.60. The third-order valence-electron chi connectivity index (χ3n) is 3.71. The van der Waals surface area contributed by atoms with E-state index in [0.717, 1.165) is 14.5 Å². The van der Waals surface area contributed by atoms with Crippen LogP contribution in [0.4, 0.5) is 5.69 Å². The van der Waals surface area contributed by atoms with Crippen LogP contribution in [0, 0.1) is 0 Å². The molecule has 2 aromatic carbocycles. The number of amides is 2. The van der Waals surface area contributed by atoms with Crippen molar-refractivity contribution in [3.05, 3.63) is 67.9 Å². The van der Waals surface area contributed by atoms with Crippen LogP contribution in [0.1, 0.15) is 12.0 Å². The van der Waals surface area contributed by atoms with Crippen molar-refractivity contribution in [1.29, 1.82) is 0 Å². The van der Waals surface area contributed by atoms with Crippen molar-refractivity contribution in [1.82, 2.24) is 4.90 Å². The second-order valence-corrected chi connectivity index (χ2v) is 9.20. The topological polar surface area (TPSA) is 49.4 Å². The second kappa shape index (κ2) is 9.14. The molecule has 138 valence electrons. The van der Waals surface area contributed by atoms with E-state index in [1.165, 1.54) is 16.7 Å². The number of rotatable bonds is 5. The molecule has 4 nitrogen and oxygen atoms in total. The van der Waals surface area contributed by atoms with E-state index in [2.05, 4.69) is 37.2 Å². The quantitative estimate of drug-likeness (QED) is 0.417. The number of hydrogen-bond acceptors (Lipinski definition) is 4. The molecule has 1 aliphatic heterocycles. The number of hydrogen-bond donors (Lipinski definition) is 1. The van der Waals surface area contributed by atoms with Gasteiger partial charge < -0.3 is 5.32 Å². The predicted molar refractivity (Wildman–Crippen MR) is 121 cm³/mol. The first-order chi connectivity index (χ1) is 12.9. The average molecular weight is 526 g/mol. The monoisotopic (exact) mass is 524 g/mol. The van der Waals surface area contributed by atoms with Crippen molar-refractivity contribution < 1.29 is 9.59 Å². The van der Waals surface area contributed by atoms with Gasteiger partial charge in [-0.05, 0) is 48.0 Å². The Kier molecular flexibility index (Phi) is 6.86. The number of thioether (sulfide) groups is 1. The molecule has 1 aliphatic rings. The Morgan fingerprint density at radius 1 is 1.15 bits per heavy atom. The number of halogens is 2. The Hall–Kier alpha value is -1.48. The molecule has 1 N–H and O–H groups in total. The van der Waals surface area contributed by atoms with Gasteiger partial charge in [-0.1, -0.05) is 68.0 Å². The highest BCUT2D eigenvalue weighted by Gasteiger charge is 2.32. The molecule has 2 amide bonds. The van der Waals surface area contributed by atoms with E-state index in [1.54, 1.807) is 0 Å². The highest BCUT2D eigenvalue weighted by Crippen LogP contribution is 2.33. The molecule has 0 saturated carbocycles. The normalized spacial score (nSPS) is 15.5. The van der Waals surface area contributed by atoms with Crippen molar-refractivity contribution in [2.45, 2.75) is 6.42 Å². The van der Waals surface area contributed by atoms with E-state index >= 15 is 0 Å². The Morgan fingerprint density at radius 2 is 1.89 bits per heavy atom. The average Bonchev–Trinajstić information content (AvgIpc) is 2.88. The Morgan fingerprint density at radius 3 is 2.59 bits per heavy atom. The molecule has 0 aromatic heterocycles. The molecule has 3 rings (SSSR count). The van der Waals surface area contributed by atoms with Crippen LogP contribution < -0.4 is 5.32 Å². The molecule has 8 heteroatoms. The van der Waals surface area contributed by atoms with Crippen LogP contribution >= 0.6 is 55.8 Å². The summed E-state index contributed by atoms with van der Waals surface area (Å²) in [5.74, 6) is -0.330. The first-order valence-corrected chi connectivity index (χ1v) is 10.8. The summed E-state index contributed by atoms with van der Waals surface area (Å²) in [6.07, 6.45) is 1.98. The van der Waals surface area contributed by atoms with Crippen LogP contribution in [0.2, 0.25) is 0 Å². The summed E-state index contributed by atoms with van der Waals surface area (Å²) in [7, 11) is 0. The lowest BCUT2D eigenvalue weighted by atomic mass is 10.2. The lowest BCUT2D eigenvalue weighted by Gasteiger charge is -2.14. The van der Waals surface area contributed by atoms with Crippen molar-refractivity contribution in [2.24, 2.45) is 0 Å². The standard InChI is InChI=1S/C19H14Br2N2O2S2/c20-13-4-6-15(7-5-13)22-17(24)8-9-23-18(25)16(27-19(23)26)11-12-2-1-3-14(21)10-12/h1-7,10-11H,8-9H2,(H,22,24). The molecule has 2 aromatic rings. The molecular formula is C19H14Br2N2O2S2. The maximum absolute atomic E-state index is 12.6. The summed E-state index contributed by atoms with van der Waals surface area (Å²) in [6.45, 7) is 0.253. The molecule has 0 spiro atoms. The maximum Gasteiger partial charge on any atom is 0.266 e. The van der Waals surface area contributed by atoms with E-state index in [0.29, 0.717) is 14.9 Å². The van der Waals surface area contributed by atoms with Gasteiger partial charge in [0.15, 0.2) is 0 Å². The fourth-order valence-electron chi connectivity index (χ4n) is 2.41. The Bertz CT molecular complexity index is 930. The first kappa shape index (κ1) is 20.3. The van der Waals surface area contributed by atoms with Crippen LogP contribution in [-0.4, -0.2) is 27.6 Å². The van der Waals surface area contributed by atoms with Crippen LogP contribution in [0.25, 0.3) is 6.08 Å². The molecule has 1 saturated heterocycles. The van der Waals surface area contributed by atoms with E-state index < -0.39 is 0 Å². The van der Waals surface area contributed by atoms with Crippen LogP contribution in [0.5, 0.6) is 0 Å². The summed E-state index contributed by atoms with van der Waals surface area (Å²) < 4.78 is 2.35. The minimum absolute atomic E-state index is 0.164. The smallest absolute Gasteiger partial charge is 0.266 e. The van der Waals surface area contributed by atoms with E-state index in [-0.39, 0.29) is 24.8 Å². The number of nitrogens with one attached hydrogen (secondary N) is 1. The molecular weight excluding hydrogens is 512 g/mol. The van der Waals surface area contributed by atoms with Crippen molar-refractivity contribution in [3.63, 3.8) is 0 Å². The number of thiocarbonyl (C=S) groups is 1. The molecule has 0 unspecified atom stereocenters. The fourth-order valence-corrected chi connectivity index (χ4v) is 4.40. The van der Waals surface area contributed by atoms with E-state index in [1.807, 2.05) is 54.6 Å². The first-order valence-electron chi connectivity index (χ1n) is 7.99. The fraction of sp³-hybridized carbons (Fsp3) is 0.105. The molecule has 1 fully saturated rings. The number of carbonyl (C=O) groups excluding carboxylic acids is 2. The molecule has 1 heterocycles. The van der Waals surface area contributed by atoms with Crippen molar-refractivity contribution >= 4 is 83.7 Å². The van der Waals surface area contributed by atoms with Gasteiger partial charge in [0.1, 0.15) is 4.32 Å². The lowest BCUT2D eigenvalue weighted by Crippen LogP contribution is -2.31. The summed E-state index contributed by atoms with van der Waals surface area (Å²) in [6, 6.07) is 15.0. The Labute approximate surface area is 183 Å². The van der Waals surface area contributed by atoms with Gasteiger partial charge in [0.2, 0.25) is 5.91 Å². The van der Waals surface area contributed by atoms with Crippen LogP contribution in [-0.2, 0) is 9.59 Å². The van der Waals surface area contributed by atoms with Gasteiger partial charge in [0.25, 0.3) is 5.91 Å². The minimum Gasteiger partial charge on any atom is -0.326 e. The summed E-state index contributed by atoms with van der Waals surface area (Å²) in [5, 5.41) is 2.81. The summed E-state index contributed by atoms with van der Waals surface area (Å²) in [5.41, 5.74) is 1.63. The number of carbonyl (C=O) groups is 2. The minimum atomic E-state index is -0.165. The van der Waals surface area contributed by atoms with E-state index in [9.17, 15) is 9.59 Å². The lowest BCUT2D eigenvalue weighted by molar-refractivity contribution is -0.122. The van der Waals surface area contributed by atoms with Gasteiger partial charge in [-0.15, -0.1) is 0 Å². The highest BCUT2D eigenvalue weighted by atomic mass is 79.9. The van der Waals surface area contributed by atoms with Gasteiger partial charge in [0, 0.05) is 27.6 Å². The summed E-state index contributed by atoms with van der Waals surface area (Å²) >= 11 is 13.3. The third kappa shape index (κ3) is 5.51. The van der Waals surface area contributed by atoms with Gasteiger partial charge in [0.05, 0.1) is 4.91 Å². The van der Waals surface area contributed by atoms with Crippen LogP contribution in [0.15, 0.2) is 62.4 Å². The zero-order valence-corrected chi connectivity index (χ0v) is 18.8. The van der Waals surface area contributed by atoms with Gasteiger partial charge >= 0.3 is 0 Å². The predicted octanol–water partition coefficient (Wildman–Crippen LogP) is 5.44. The molecule has 0 bridgehead atoms. The van der Waals surface area contributed by atoms with Crippen LogP contribution in [0.3, 0.4) is 0 Å². The molecule has 0 aliphatic carbocycles. The highest BCUT2D eigenvalue weighted by molar-refractivity contribution is 9.10. The third-order valence-corrected chi connectivity index (χ3v) is 6.11. The zero-order chi connectivity index (χ0) is 19.4. The van der Waals surface area contributed by atoms with Gasteiger partial charge in [-0.2, -0.15) is 0 Å². The SMILES string of the molecule is O=C(CCN1C(=O)C(=Cc2cccc(Br)c2)SC1=S)Nc1ccc(Br)cc1.